The Hall–Kier alpha value is -1.26. The summed E-state index contributed by atoms with van der Waals surface area (Å²) in [4.78, 5) is 0. The van der Waals surface area contributed by atoms with Crippen LogP contribution in [0.4, 0.5) is 0 Å². The molecule has 1 aromatic rings. The molecule has 0 fully saturated rings. The maximum Gasteiger partial charge on any atom is 0.165 e. The van der Waals surface area contributed by atoms with E-state index in [-0.39, 0.29) is 6.61 Å². The normalized spacial score (nSPS) is 12.2. The standard InChI is InChI=1S/C17H29NO3/c1-4-7-14(10-11-19)12-18-13-15-8-6-9-16(21-5-2)17(15)20-3/h6,8-9,14,18-19H,4-5,7,10-13H2,1-3H3. The Bertz CT molecular complexity index is 390. The number of aliphatic hydroxyl groups excluding tert-OH is 1. The van der Waals surface area contributed by atoms with Gasteiger partial charge in [0.25, 0.3) is 0 Å². The Morgan fingerprint density at radius 3 is 2.67 bits per heavy atom. The van der Waals surface area contributed by atoms with Crippen LogP contribution in [0, 0.1) is 5.92 Å². The van der Waals surface area contributed by atoms with Crippen molar-refractivity contribution in [2.45, 2.75) is 39.7 Å². The minimum absolute atomic E-state index is 0.259. The van der Waals surface area contributed by atoms with Gasteiger partial charge in [-0.05, 0) is 38.3 Å². The molecule has 0 aliphatic carbocycles. The van der Waals surface area contributed by atoms with Crippen molar-refractivity contribution in [3.63, 3.8) is 0 Å². The first-order valence-electron chi connectivity index (χ1n) is 7.87. The molecule has 0 amide bonds. The highest BCUT2D eigenvalue weighted by Crippen LogP contribution is 2.30. The SMILES string of the molecule is CCCC(CCO)CNCc1cccc(OCC)c1OC. The van der Waals surface area contributed by atoms with E-state index in [1.807, 2.05) is 19.1 Å². The van der Waals surface area contributed by atoms with Crippen molar-refractivity contribution in [3.05, 3.63) is 23.8 Å². The lowest BCUT2D eigenvalue weighted by molar-refractivity contribution is 0.247. The van der Waals surface area contributed by atoms with Gasteiger partial charge < -0.3 is 19.9 Å². The molecule has 4 nitrogen and oxygen atoms in total. The zero-order chi connectivity index (χ0) is 15.5. The molecule has 0 aliphatic heterocycles. The quantitative estimate of drug-likeness (QED) is 0.659. The van der Waals surface area contributed by atoms with E-state index >= 15 is 0 Å². The predicted octanol–water partition coefficient (Wildman–Crippen LogP) is 2.98. The van der Waals surface area contributed by atoms with Gasteiger partial charge in [-0.3, -0.25) is 0 Å². The summed E-state index contributed by atoms with van der Waals surface area (Å²) in [5, 5.41) is 12.6. The zero-order valence-corrected chi connectivity index (χ0v) is 13.5. The van der Waals surface area contributed by atoms with Gasteiger partial charge in [-0.25, -0.2) is 0 Å². The molecule has 0 radical (unpaired) electrons. The molecule has 1 aromatic carbocycles. The second-order valence-electron chi connectivity index (χ2n) is 5.18. The zero-order valence-electron chi connectivity index (χ0n) is 13.5. The molecule has 21 heavy (non-hydrogen) atoms. The number of aliphatic hydroxyl groups is 1. The molecule has 0 bridgehead atoms. The number of methoxy groups -OCH3 is 1. The predicted molar refractivity (Wildman–Crippen MR) is 86.0 cm³/mol. The molecular formula is C17H29NO3. The van der Waals surface area contributed by atoms with E-state index in [0.717, 1.165) is 49.4 Å². The fourth-order valence-electron chi connectivity index (χ4n) is 2.55. The van der Waals surface area contributed by atoms with E-state index in [0.29, 0.717) is 12.5 Å². The minimum Gasteiger partial charge on any atom is -0.493 e. The van der Waals surface area contributed by atoms with Gasteiger partial charge in [-0.15, -0.1) is 0 Å². The van der Waals surface area contributed by atoms with Gasteiger partial charge in [0.05, 0.1) is 13.7 Å². The highest BCUT2D eigenvalue weighted by atomic mass is 16.5. The first kappa shape index (κ1) is 17.8. The van der Waals surface area contributed by atoms with E-state index in [1.54, 1.807) is 7.11 Å². The van der Waals surface area contributed by atoms with Crippen LogP contribution in [0.25, 0.3) is 0 Å². The van der Waals surface area contributed by atoms with Gasteiger partial charge in [0.2, 0.25) is 0 Å². The third-order valence-electron chi connectivity index (χ3n) is 3.55. The van der Waals surface area contributed by atoms with Crippen LogP contribution in [0.1, 0.15) is 38.7 Å². The summed E-state index contributed by atoms with van der Waals surface area (Å²) >= 11 is 0. The molecule has 0 spiro atoms. The van der Waals surface area contributed by atoms with Crippen LogP contribution >= 0.6 is 0 Å². The first-order valence-corrected chi connectivity index (χ1v) is 7.87. The molecule has 0 heterocycles. The molecule has 4 heteroatoms. The monoisotopic (exact) mass is 295 g/mol. The van der Waals surface area contributed by atoms with E-state index in [9.17, 15) is 0 Å². The van der Waals surface area contributed by atoms with Crippen LogP contribution < -0.4 is 14.8 Å². The lowest BCUT2D eigenvalue weighted by Crippen LogP contribution is -2.23. The molecule has 1 unspecified atom stereocenters. The topological polar surface area (TPSA) is 50.7 Å². The molecule has 120 valence electrons. The van der Waals surface area contributed by atoms with Crippen LogP contribution in [-0.4, -0.2) is 32.0 Å². The third-order valence-corrected chi connectivity index (χ3v) is 3.55. The second-order valence-corrected chi connectivity index (χ2v) is 5.18. The van der Waals surface area contributed by atoms with Crippen molar-refractivity contribution in [1.29, 1.82) is 0 Å². The van der Waals surface area contributed by atoms with Crippen molar-refractivity contribution in [2.75, 3.05) is 26.9 Å². The molecule has 0 saturated heterocycles. The van der Waals surface area contributed by atoms with Crippen LogP contribution in [0.5, 0.6) is 11.5 Å². The summed E-state index contributed by atoms with van der Waals surface area (Å²) in [6.07, 6.45) is 3.15. The van der Waals surface area contributed by atoms with Gasteiger partial charge in [0, 0.05) is 18.7 Å². The van der Waals surface area contributed by atoms with Crippen molar-refractivity contribution in [3.8, 4) is 11.5 Å². The summed E-state index contributed by atoms with van der Waals surface area (Å²) in [7, 11) is 1.67. The maximum absolute atomic E-state index is 9.09. The van der Waals surface area contributed by atoms with Gasteiger partial charge in [-0.1, -0.05) is 25.5 Å². The van der Waals surface area contributed by atoms with Crippen LogP contribution in [-0.2, 0) is 6.54 Å². The van der Waals surface area contributed by atoms with Crippen LogP contribution in [0.15, 0.2) is 18.2 Å². The number of para-hydroxylation sites is 1. The van der Waals surface area contributed by atoms with E-state index in [2.05, 4.69) is 18.3 Å². The Morgan fingerprint density at radius 1 is 1.24 bits per heavy atom. The summed E-state index contributed by atoms with van der Waals surface area (Å²) in [6, 6.07) is 5.97. The van der Waals surface area contributed by atoms with Gasteiger partial charge in [0.1, 0.15) is 0 Å². The minimum atomic E-state index is 0.259. The second kappa shape index (κ2) is 10.5. The molecule has 0 aromatic heterocycles. The number of nitrogens with one attached hydrogen (secondary N) is 1. The van der Waals surface area contributed by atoms with E-state index in [1.165, 1.54) is 0 Å². The summed E-state index contributed by atoms with van der Waals surface area (Å²) < 4.78 is 11.1. The highest BCUT2D eigenvalue weighted by Gasteiger charge is 2.11. The average molecular weight is 295 g/mol. The van der Waals surface area contributed by atoms with Crippen molar-refractivity contribution >= 4 is 0 Å². The molecular weight excluding hydrogens is 266 g/mol. The van der Waals surface area contributed by atoms with E-state index in [4.69, 9.17) is 14.6 Å². The summed E-state index contributed by atoms with van der Waals surface area (Å²) in [5.74, 6) is 2.13. The Balaban J connectivity index is 2.59. The molecule has 0 saturated carbocycles. The maximum atomic E-state index is 9.09. The lowest BCUT2D eigenvalue weighted by atomic mass is 10.00. The smallest absolute Gasteiger partial charge is 0.165 e. The number of rotatable bonds is 11. The fraction of sp³-hybridized carbons (Fsp3) is 0.647. The molecule has 1 rings (SSSR count). The molecule has 0 aliphatic rings. The van der Waals surface area contributed by atoms with Crippen LogP contribution in [0.3, 0.4) is 0 Å². The number of benzene rings is 1. The number of hydrogen-bond donors (Lipinski definition) is 2. The highest BCUT2D eigenvalue weighted by molar-refractivity contribution is 5.46. The average Bonchev–Trinajstić information content (AvgIpc) is 2.48. The van der Waals surface area contributed by atoms with Crippen LogP contribution in [0.2, 0.25) is 0 Å². The Kier molecular flexibility index (Phi) is 8.87. The van der Waals surface area contributed by atoms with Crippen molar-refractivity contribution < 1.29 is 14.6 Å². The first-order chi connectivity index (χ1) is 10.3. The lowest BCUT2D eigenvalue weighted by Gasteiger charge is -2.17. The fourth-order valence-corrected chi connectivity index (χ4v) is 2.55. The van der Waals surface area contributed by atoms with Gasteiger partial charge >= 0.3 is 0 Å². The van der Waals surface area contributed by atoms with Crippen molar-refractivity contribution in [2.24, 2.45) is 5.92 Å². The van der Waals surface area contributed by atoms with E-state index < -0.39 is 0 Å². The van der Waals surface area contributed by atoms with Gasteiger partial charge in [-0.2, -0.15) is 0 Å². The summed E-state index contributed by atoms with van der Waals surface area (Å²) in [6.45, 7) is 6.69. The molecule has 1 atom stereocenters. The number of hydrogen-bond acceptors (Lipinski definition) is 4. The summed E-state index contributed by atoms with van der Waals surface area (Å²) in [5.41, 5.74) is 1.10. The van der Waals surface area contributed by atoms with Crippen molar-refractivity contribution in [1.82, 2.24) is 5.32 Å². The largest absolute Gasteiger partial charge is 0.493 e. The third kappa shape index (κ3) is 5.94. The van der Waals surface area contributed by atoms with Gasteiger partial charge in [0.15, 0.2) is 11.5 Å². The molecule has 2 N–H and O–H groups in total. The Morgan fingerprint density at radius 2 is 2.05 bits per heavy atom. The number of ether oxygens (including phenoxy) is 2. The Labute approximate surface area is 128 Å².